The van der Waals surface area contributed by atoms with Gasteiger partial charge in [-0.1, -0.05) is 43.3 Å². The third-order valence-corrected chi connectivity index (χ3v) is 3.12. The Morgan fingerprint density at radius 1 is 1.06 bits per heavy atom. The highest BCUT2D eigenvalue weighted by molar-refractivity contribution is 5.69. The first kappa shape index (κ1) is 11.7. The van der Waals surface area contributed by atoms with Gasteiger partial charge >= 0.3 is 0 Å². The summed E-state index contributed by atoms with van der Waals surface area (Å²) in [5.74, 6) is 0.952. The van der Waals surface area contributed by atoms with Crippen molar-refractivity contribution in [2.75, 3.05) is 7.11 Å². The molecule has 0 atom stereocenters. The van der Waals surface area contributed by atoms with Crippen LogP contribution in [0, 0.1) is 6.92 Å². The number of hydrogen-bond acceptors (Lipinski definition) is 1. The topological polar surface area (TPSA) is 9.23 Å². The molecule has 0 amide bonds. The predicted octanol–water partition coefficient (Wildman–Crippen LogP) is 4.23. The molecule has 0 aliphatic heterocycles. The maximum Gasteiger partial charge on any atom is 0.122 e. The van der Waals surface area contributed by atoms with E-state index in [-0.39, 0.29) is 0 Å². The Kier molecular flexibility index (Phi) is 3.48. The van der Waals surface area contributed by atoms with Gasteiger partial charge in [0, 0.05) is 0 Å². The first-order chi connectivity index (χ1) is 8.26. The van der Waals surface area contributed by atoms with Crippen molar-refractivity contribution in [3.63, 3.8) is 0 Å². The lowest BCUT2D eigenvalue weighted by atomic mass is 9.97. The van der Waals surface area contributed by atoms with Gasteiger partial charge in [0.15, 0.2) is 0 Å². The quantitative estimate of drug-likeness (QED) is 0.761. The fraction of sp³-hybridized carbons (Fsp3) is 0.250. The van der Waals surface area contributed by atoms with Gasteiger partial charge in [0.05, 0.1) is 7.11 Å². The Balaban J connectivity index is 2.53. The normalized spacial score (nSPS) is 10.3. The summed E-state index contributed by atoms with van der Waals surface area (Å²) >= 11 is 0. The Hall–Kier alpha value is -1.76. The number of rotatable bonds is 3. The van der Waals surface area contributed by atoms with E-state index in [2.05, 4.69) is 56.3 Å². The Morgan fingerprint density at radius 3 is 2.53 bits per heavy atom. The average Bonchev–Trinajstić information content (AvgIpc) is 2.39. The second-order valence-corrected chi connectivity index (χ2v) is 4.20. The Labute approximate surface area is 103 Å². The Morgan fingerprint density at radius 2 is 1.82 bits per heavy atom. The highest BCUT2D eigenvalue weighted by Crippen LogP contribution is 2.29. The van der Waals surface area contributed by atoms with E-state index < -0.39 is 0 Å². The summed E-state index contributed by atoms with van der Waals surface area (Å²) in [5, 5.41) is 0. The molecule has 88 valence electrons. The minimum Gasteiger partial charge on any atom is -0.496 e. The second-order valence-electron chi connectivity index (χ2n) is 4.20. The van der Waals surface area contributed by atoms with Crippen molar-refractivity contribution in [1.29, 1.82) is 0 Å². The molecule has 2 aromatic rings. The highest BCUT2D eigenvalue weighted by Gasteiger charge is 2.05. The molecular formula is C16H18O. The van der Waals surface area contributed by atoms with E-state index in [0.29, 0.717) is 0 Å². The summed E-state index contributed by atoms with van der Waals surface area (Å²) < 4.78 is 5.38. The van der Waals surface area contributed by atoms with Crippen LogP contribution in [0.4, 0.5) is 0 Å². The van der Waals surface area contributed by atoms with Crippen LogP contribution in [0.2, 0.25) is 0 Å². The maximum atomic E-state index is 5.38. The average molecular weight is 226 g/mol. The van der Waals surface area contributed by atoms with Gasteiger partial charge in [-0.15, -0.1) is 0 Å². The van der Waals surface area contributed by atoms with Crippen molar-refractivity contribution in [2.45, 2.75) is 20.3 Å². The summed E-state index contributed by atoms with van der Waals surface area (Å²) in [4.78, 5) is 0. The van der Waals surface area contributed by atoms with Gasteiger partial charge in [0.2, 0.25) is 0 Å². The van der Waals surface area contributed by atoms with Crippen molar-refractivity contribution in [2.24, 2.45) is 0 Å². The summed E-state index contributed by atoms with van der Waals surface area (Å²) in [6, 6.07) is 14.9. The van der Waals surface area contributed by atoms with Crippen molar-refractivity contribution in [3.8, 4) is 16.9 Å². The van der Waals surface area contributed by atoms with E-state index in [1.807, 2.05) is 0 Å². The van der Waals surface area contributed by atoms with Crippen molar-refractivity contribution >= 4 is 0 Å². The van der Waals surface area contributed by atoms with Gasteiger partial charge in [-0.2, -0.15) is 0 Å². The van der Waals surface area contributed by atoms with Gasteiger partial charge in [-0.3, -0.25) is 0 Å². The highest BCUT2D eigenvalue weighted by atomic mass is 16.5. The van der Waals surface area contributed by atoms with E-state index in [0.717, 1.165) is 12.2 Å². The van der Waals surface area contributed by atoms with Gasteiger partial charge in [0.25, 0.3) is 0 Å². The van der Waals surface area contributed by atoms with Crippen LogP contribution >= 0.6 is 0 Å². The molecule has 0 unspecified atom stereocenters. The fourth-order valence-corrected chi connectivity index (χ4v) is 2.10. The smallest absolute Gasteiger partial charge is 0.122 e. The monoisotopic (exact) mass is 226 g/mol. The number of methoxy groups -OCH3 is 1. The molecule has 1 nitrogen and oxygen atoms in total. The van der Waals surface area contributed by atoms with Crippen LogP contribution in [-0.2, 0) is 6.42 Å². The van der Waals surface area contributed by atoms with E-state index in [1.165, 1.54) is 22.3 Å². The van der Waals surface area contributed by atoms with Gasteiger partial charge in [0.1, 0.15) is 5.75 Å². The Bertz CT molecular complexity index is 515. The van der Waals surface area contributed by atoms with Gasteiger partial charge < -0.3 is 4.74 Å². The molecule has 0 aliphatic carbocycles. The third-order valence-electron chi connectivity index (χ3n) is 3.12. The zero-order chi connectivity index (χ0) is 12.3. The van der Waals surface area contributed by atoms with Crippen LogP contribution in [0.3, 0.4) is 0 Å². The summed E-state index contributed by atoms with van der Waals surface area (Å²) in [6.45, 7) is 4.25. The van der Waals surface area contributed by atoms with E-state index in [9.17, 15) is 0 Å². The van der Waals surface area contributed by atoms with Crippen LogP contribution in [-0.4, -0.2) is 7.11 Å². The van der Waals surface area contributed by atoms with Crippen LogP contribution in [0.15, 0.2) is 42.5 Å². The molecule has 0 fully saturated rings. The van der Waals surface area contributed by atoms with Crippen LogP contribution < -0.4 is 4.74 Å². The predicted molar refractivity (Wildman–Crippen MR) is 72.5 cm³/mol. The zero-order valence-corrected chi connectivity index (χ0v) is 10.7. The number of aryl methyl sites for hydroxylation is 2. The standard InChI is InChI=1S/C16H18O/c1-4-13-7-5-6-8-15(13)14-10-9-12(2)16(11-14)17-3/h5-11H,4H2,1-3H3. The van der Waals surface area contributed by atoms with Crippen LogP contribution in [0.5, 0.6) is 5.75 Å². The summed E-state index contributed by atoms with van der Waals surface area (Å²) in [5.41, 5.74) is 5.07. The summed E-state index contributed by atoms with van der Waals surface area (Å²) in [7, 11) is 1.72. The molecule has 0 N–H and O–H groups in total. The van der Waals surface area contributed by atoms with Crippen molar-refractivity contribution < 1.29 is 4.74 Å². The van der Waals surface area contributed by atoms with Crippen LogP contribution in [0.1, 0.15) is 18.1 Å². The molecule has 0 spiro atoms. The molecule has 17 heavy (non-hydrogen) atoms. The van der Waals surface area contributed by atoms with E-state index in [1.54, 1.807) is 7.11 Å². The number of ether oxygens (including phenoxy) is 1. The molecule has 0 aliphatic rings. The second kappa shape index (κ2) is 5.05. The molecular weight excluding hydrogens is 208 g/mol. The minimum atomic E-state index is 0.952. The van der Waals surface area contributed by atoms with Crippen LogP contribution in [0.25, 0.3) is 11.1 Å². The maximum absolute atomic E-state index is 5.38. The lowest BCUT2D eigenvalue weighted by Gasteiger charge is -2.11. The molecule has 0 bridgehead atoms. The molecule has 0 radical (unpaired) electrons. The first-order valence-corrected chi connectivity index (χ1v) is 5.99. The van der Waals surface area contributed by atoms with Gasteiger partial charge in [-0.05, 0) is 41.7 Å². The molecule has 2 aromatic carbocycles. The molecule has 2 rings (SSSR count). The molecule has 0 saturated heterocycles. The first-order valence-electron chi connectivity index (χ1n) is 5.99. The van der Waals surface area contributed by atoms with E-state index in [4.69, 9.17) is 4.74 Å². The lowest BCUT2D eigenvalue weighted by molar-refractivity contribution is 0.412. The SMILES string of the molecule is CCc1ccccc1-c1ccc(C)c(OC)c1. The van der Waals surface area contributed by atoms with Gasteiger partial charge in [-0.25, -0.2) is 0 Å². The van der Waals surface area contributed by atoms with E-state index >= 15 is 0 Å². The number of benzene rings is 2. The molecule has 0 saturated carbocycles. The molecule has 0 heterocycles. The summed E-state index contributed by atoms with van der Waals surface area (Å²) in [6.07, 6.45) is 1.05. The molecule has 1 heteroatoms. The van der Waals surface area contributed by atoms with Crippen molar-refractivity contribution in [3.05, 3.63) is 53.6 Å². The third kappa shape index (κ3) is 2.33. The lowest BCUT2D eigenvalue weighted by Crippen LogP contribution is -1.90. The zero-order valence-electron chi connectivity index (χ0n) is 10.7. The van der Waals surface area contributed by atoms with Crippen molar-refractivity contribution in [1.82, 2.24) is 0 Å². The minimum absolute atomic E-state index is 0.952. The number of hydrogen-bond donors (Lipinski definition) is 0. The fourth-order valence-electron chi connectivity index (χ4n) is 2.10. The molecule has 0 aromatic heterocycles. The largest absolute Gasteiger partial charge is 0.496 e.